The van der Waals surface area contributed by atoms with Gasteiger partial charge in [0.1, 0.15) is 0 Å². The van der Waals surface area contributed by atoms with Crippen LogP contribution in [0.3, 0.4) is 0 Å². The number of nitrogens with two attached hydrogens (primary N) is 1. The number of nitrogen functional groups attached to an aromatic ring is 1. The Labute approximate surface area is 121 Å². The molecule has 0 saturated heterocycles. The second kappa shape index (κ2) is 3.84. The summed E-state index contributed by atoms with van der Waals surface area (Å²) < 4.78 is 5.40. The van der Waals surface area contributed by atoms with Crippen molar-refractivity contribution in [1.82, 2.24) is 25.3 Å². The number of hydrogen-bond donors (Lipinski definition) is 2. The number of aromatic amines is 1. The summed E-state index contributed by atoms with van der Waals surface area (Å²) in [5, 5.41) is 10.8. The first-order valence-corrected chi connectivity index (χ1v) is 7.73. The van der Waals surface area contributed by atoms with E-state index in [0.29, 0.717) is 11.7 Å². The van der Waals surface area contributed by atoms with Gasteiger partial charge in [-0.2, -0.15) is 9.97 Å². The van der Waals surface area contributed by atoms with Crippen LogP contribution in [-0.2, 0) is 5.41 Å². The van der Waals surface area contributed by atoms with Crippen molar-refractivity contribution in [2.45, 2.75) is 43.9 Å². The summed E-state index contributed by atoms with van der Waals surface area (Å²) in [7, 11) is 0. The average Bonchev–Trinajstić information content (AvgIpc) is 3.05. The third-order valence-corrected chi connectivity index (χ3v) is 5.64. The Morgan fingerprint density at radius 2 is 1.71 bits per heavy atom. The van der Waals surface area contributed by atoms with Gasteiger partial charge in [-0.25, -0.2) is 0 Å². The lowest BCUT2D eigenvalue weighted by atomic mass is 9.49. The summed E-state index contributed by atoms with van der Waals surface area (Å²) in [5.74, 6) is 4.49. The highest BCUT2D eigenvalue weighted by Gasteiger charge is 2.53. The lowest BCUT2D eigenvalue weighted by Crippen LogP contribution is -2.49. The molecule has 0 unspecified atom stereocenters. The molecule has 0 atom stereocenters. The predicted octanol–water partition coefficient (Wildman–Crippen LogP) is 1.90. The Hall–Kier alpha value is -1.92. The SMILES string of the molecule is Nc1n[nH]c(-c2nc(C34CC5CC(CC(C5)C3)C4)no2)n1. The molecule has 4 saturated carbocycles. The highest BCUT2D eigenvalue weighted by atomic mass is 16.5. The topological polar surface area (TPSA) is 107 Å². The number of H-pyrrole nitrogens is 1. The maximum absolute atomic E-state index is 5.53. The van der Waals surface area contributed by atoms with Crippen LogP contribution in [0.1, 0.15) is 44.3 Å². The molecule has 4 aliphatic carbocycles. The molecule has 3 N–H and O–H groups in total. The van der Waals surface area contributed by atoms with Crippen LogP contribution in [0.4, 0.5) is 5.95 Å². The van der Waals surface area contributed by atoms with E-state index in [2.05, 4.69) is 25.3 Å². The maximum atomic E-state index is 5.53. The van der Waals surface area contributed by atoms with Crippen LogP contribution >= 0.6 is 0 Å². The van der Waals surface area contributed by atoms with Crippen LogP contribution < -0.4 is 5.73 Å². The number of rotatable bonds is 2. The summed E-state index contributed by atoms with van der Waals surface area (Å²) in [6.45, 7) is 0. The fraction of sp³-hybridized carbons (Fsp3) is 0.714. The summed E-state index contributed by atoms with van der Waals surface area (Å²) in [6.07, 6.45) is 7.87. The molecule has 6 rings (SSSR count). The van der Waals surface area contributed by atoms with E-state index >= 15 is 0 Å². The Morgan fingerprint density at radius 1 is 1.05 bits per heavy atom. The molecule has 110 valence electrons. The monoisotopic (exact) mass is 286 g/mol. The van der Waals surface area contributed by atoms with Crippen molar-refractivity contribution in [1.29, 1.82) is 0 Å². The minimum atomic E-state index is 0.141. The molecule has 4 aliphatic rings. The van der Waals surface area contributed by atoms with E-state index in [1.165, 1.54) is 38.5 Å². The molecule has 0 aromatic carbocycles. The molecular weight excluding hydrogens is 268 g/mol. The van der Waals surface area contributed by atoms with Crippen molar-refractivity contribution < 1.29 is 4.52 Å². The second-order valence-corrected chi connectivity index (χ2v) is 7.16. The zero-order valence-corrected chi connectivity index (χ0v) is 11.7. The first kappa shape index (κ1) is 11.7. The fourth-order valence-corrected chi connectivity index (χ4v) is 5.29. The Morgan fingerprint density at radius 3 is 2.29 bits per heavy atom. The van der Waals surface area contributed by atoms with E-state index in [1.807, 2.05) is 0 Å². The Kier molecular flexibility index (Phi) is 2.14. The standard InChI is InChI=1S/C14H18N6O/c15-13-16-10(18-19-13)11-17-12(20-21-11)14-4-7-1-8(5-14)3-9(2-7)6-14/h7-9H,1-6H2,(H3,15,16,18,19). The number of aromatic nitrogens is 5. The fourth-order valence-electron chi connectivity index (χ4n) is 5.29. The third kappa shape index (κ3) is 1.66. The first-order chi connectivity index (χ1) is 10.2. The molecule has 4 bridgehead atoms. The normalized spacial score (nSPS) is 37.2. The van der Waals surface area contributed by atoms with E-state index in [9.17, 15) is 0 Å². The van der Waals surface area contributed by atoms with Gasteiger partial charge in [0.25, 0.3) is 5.89 Å². The lowest BCUT2D eigenvalue weighted by Gasteiger charge is -2.55. The van der Waals surface area contributed by atoms with Crippen molar-refractivity contribution in [3.05, 3.63) is 5.82 Å². The number of hydrogen-bond acceptors (Lipinski definition) is 6. The average molecular weight is 286 g/mol. The quantitative estimate of drug-likeness (QED) is 0.873. The van der Waals surface area contributed by atoms with Crippen LogP contribution in [-0.4, -0.2) is 25.3 Å². The van der Waals surface area contributed by atoms with Gasteiger partial charge in [0.15, 0.2) is 5.82 Å². The summed E-state index contributed by atoms with van der Waals surface area (Å²) in [5.41, 5.74) is 5.67. The summed E-state index contributed by atoms with van der Waals surface area (Å²) >= 11 is 0. The lowest BCUT2D eigenvalue weighted by molar-refractivity contribution is -0.0103. The molecule has 4 fully saturated rings. The molecule has 0 amide bonds. The Bertz CT molecular complexity index is 654. The zero-order valence-electron chi connectivity index (χ0n) is 11.7. The summed E-state index contributed by atoms with van der Waals surface area (Å²) in [6, 6.07) is 0. The van der Waals surface area contributed by atoms with Gasteiger partial charge < -0.3 is 10.3 Å². The van der Waals surface area contributed by atoms with Gasteiger partial charge in [0.05, 0.1) is 0 Å². The van der Waals surface area contributed by atoms with Crippen LogP contribution in [0.15, 0.2) is 4.52 Å². The minimum absolute atomic E-state index is 0.141. The van der Waals surface area contributed by atoms with E-state index in [1.54, 1.807) is 0 Å². The smallest absolute Gasteiger partial charge is 0.295 e. The third-order valence-electron chi connectivity index (χ3n) is 5.64. The zero-order chi connectivity index (χ0) is 14.0. The largest absolute Gasteiger partial charge is 0.366 e. The van der Waals surface area contributed by atoms with Gasteiger partial charge in [-0.15, -0.1) is 5.10 Å². The predicted molar refractivity (Wildman–Crippen MR) is 73.9 cm³/mol. The number of anilines is 1. The molecule has 2 aromatic heterocycles. The van der Waals surface area contributed by atoms with Crippen LogP contribution in [0.25, 0.3) is 11.7 Å². The van der Waals surface area contributed by atoms with Gasteiger partial charge >= 0.3 is 0 Å². The molecule has 7 nitrogen and oxygen atoms in total. The van der Waals surface area contributed by atoms with Crippen molar-refractivity contribution in [2.24, 2.45) is 17.8 Å². The van der Waals surface area contributed by atoms with Gasteiger partial charge in [-0.1, -0.05) is 5.16 Å². The van der Waals surface area contributed by atoms with E-state index in [0.717, 1.165) is 23.6 Å². The van der Waals surface area contributed by atoms with Crippen LogP contribution in [0, 0.1) is 17.8 Å². The molecule has 0 radical (unpaired) electrons. The maximum Gasteiger partial charge on any atom is 0.295 e. The minimum Gasteiger partial charge on any atom is -0.366 e. The van der Waals surface area contributed by atoms with E-state index < -0.39 is 0 Å². The Balaban J connectivity index is 1.52. The number of nitrogens with one attached hydrogen (secondary N) is 1. The van der Waals surface area contributed by atoms with Gasteiger partial charge in [-0.3, -0.25) is 5.10 Å². The van der Waals surface area contributed by atoms with Crippen LogP contribution in [0.2, 0.25) is 0 Å². The molecule has 0 spiro atoms. The van der Waals surface area contributed by atoms with Gasteiger partial charge in [-0.05, 0) is 56.3 Å². The van der Waals surface area contributed by atoms with Crippen molar-refractivity contribution in [2.75, 3.05) is 5.73 Å². The molecule has 0 aliphatic heterocycles. The van der Waals surface area contributed by atoms with E-state index in [-0.39, 0.29) is 11.4 Å². The number of nitrogens with zero attached hydrogens (tertiary/aromatic N) is 4. The highest BCUT2D eigenvalue weighted by Crippen LogP contribution is 2.60. The van der Waals surface area contributed by atoms with Gasteiger partial charge in [0.2, 0.25) is 11.8 Å². The van der Waals surface area contributed by atoms with E-state index in [4.69, 9.17) is 10.3 Å². The second-order valence-electron chi connectivity index (χ2n) is 7.16. The molecule has 21 heavy (non-hydrogen) atoms. The highest BCUT2D eigenvalue weighted by molar-refractivity contribution is 5.42. The molecular formula is C14H18N6O. The van der Waals surface area contributed by atoms with Crippen molar-refractivity contribution in [3.8, 4) is 11.7 Å². The van der Waals surface area contributed by atoms with Gasteiger partial charge in [0, 0.05) is 5.41 Å². The summed E-state index contributed by atoms with van der Waals surface area (Å²) in [4.78, 5) is 8.67. The first-order valence-electron chi connectivity index (χ1n) is 7.73. The molecule has 7 heteroatoms. The van der Waals surface area contributed by atoms with Crippen LogP contribution in [0.5, 0.6) is 0 Å². The van der Waals surface area contributed by atoms with Crippen molar-refractivity contribution >= 4 is 5.95 Å². The molecule has 2 aromatic rings. The molecule has 2 heterocycles. The van der Waals surface area contributed by atoms with Crippen molar-refractivity contribution in [3.63, 3.8) is 0 Å².